The van der Waals surface area contributed by atoms with E-state index in [-0.39, 0.29) is 0 Å². The molecular weight excluding hydrogens is 260 g/mol. The molecule has 0 aliphatic heterocycles. The highest BCUT2D eigenvalue weighted by Gasteiger charge is 2.15. The largest absolute Gasteiger partial charge is 0.398 e. The van der Waals surface area contributed by atoms with Gasteiger partial charge >= 0.3 is 0 Å². The summed E-state index contributed by atoms with van der Waals surface area (Å²) in [5.74, 6) is 0. The number of methoxy groups -OCH3 is 1. The van der Waals surface area contributed by atoms with Crippen LogP contribution in [0.25, 0.3) is 0 Å². The SMILES string of the molecule is CCC(CC)N(CCOC)Cc1ccc(N)c(Cl)c1. The molecule has 0 saturated carbocycles. The van der Waals surface area contributed by atoms with Crippen molar-refractivity contribution >= 4 is 17.3 Å². The molecule has 0 radical (unpaired) electrons. The molecule has 0 spiro atoms. The van der Waals surface area contributed by atoms with Gasteiger partial charge in [0.25, 0.3) is 0 Å². The molecule has 0 aliphatic carbocycles. The summed E-state index contributed by atoms with van der Waals surface area (Å²) >= 11 is 6.08. The number of benzene rings is 1. The number of anilines is 1. The monoisotopic (exact) mass is 284 g/mol. The lowest BCUT2D eigenvalue weighted by Crippen LogP contribution is -2.36. The van der Waals surface area contributed by atoms with Crippen LogP contribution in [0.5, 0.6) is 0 Å². The Bertz CT molecular complexity index is 380. The third-order valence-corrected chi connectivity index (χ3v) is 3.82. The zero-order valence-electron chi connectivity index (χ0n) is 12.2. The molecule has 1 aromatic rings. The molecule has 0 saturated heterocycles. The first kappa shape index (κ1) is 16.3. The highest BCUT2D eigenvalue weighted by atomic mass is 35.5. The first-order valence-corrected chi connectivity index (χ1v) is 7.27. The van der Waals surface area contributed by atoms with E-state index < -0.39 is 0 Å². The molecule has 0 bridgehead atoms. The normalized spacial score (nSPS) is 11.5. The molecule has 1 rings (SSSR count). The third-order valence-electron chi connectivity index (χ3n) is 3.49. The van der Waals surface area contributed by atoms with Crippen molar-refractivity contribution < 1.29 is 4.74 Å². The standard InChI is InChI=1S/C15H25ClN2O/c1-4-13(5-2)18(8-9-19-3)11-12-6-7-15(17)14(16)10-12/h6-7,10,13H,4-5,8-9,11,17H2,1-3H3. The fourth-order valence-corrected chi connectivity index (χ4v) is 2.51. The van der Waals surface area contributed by atoms with Gasteiger partial charge in [-0.2, -0.15) is 0 Å². The van der Waals surface area contributed by atoms with E-state index in [4.69, 9.17) is 22.1 Å². The maximum Gasteiger partial charge on any atom is 0.0638 e. The molecule has 0 aromatic heterocycles. The van der Waals surface area contributed by atoms with Crippen LogP contribution in [0.4, 0.5) is 5.69 Å². The van der Waals surface area contributed by atoms with Crippen LogP contribution in [0.15, 0.2) is 18.2 Å². The van der Waals surface area contributed by atoms with Crippen molar-refractivity contribution in [3.63, 3.8) is 0 Å². The molecule has 3 nitrogen and oxygen atoms in total. The maximum atomic E-state index is 6.08. The van der Waals surface area contributed by atoms with Crippen molar-refractivity contribution in [3.8, 4) is 0 Å². The van der Waals surface area contributed by atoms with Gasteiger partial charge in [0.05, 0.1) is 17.3 Å². The molecule has 0 amide bonds. The number of ether oxygens (including phenoxy) is 1. The van der Waals surface area contributed by atoms with E-state index in [1.807, 2.05) is 18.2 Å². The summed E-state index contributed by atoms with van der Waals surface area (Å²) in [6.45, 7) is 7.02. The molecule has 19 heavy (non-hydrogen) atoms. The summed E-state index contributed by atoms with van der Waals surface area (Å²) in [4.78, 5) is 2.45. The van der Waals surface area contributed by atoms with E-state index in [0.717, 1.165) is 32.5 Å². The Morgan fingerprint density at radius 3 is 2.53 bits per heavy atom. The lowest BCUT2D eigenvalue weighted by atomic mass is 10.1. The van der Waals surface area contributed by atoms with Crippen LogP contribution >= 0.6 is 11.6 Å². The van der Waals surface area contributed by atoms with E-state index in [1.165, 1.54) is 5.56 Å². The Hall–Kier alpha value is -0.770. The summed E-state index contributed by atoms with van der Waals surface area (Å²) in [6, 6.07) is 6.45. The molecule has 108 valence electrons. The maximum absolute atomic E-state index is 6.08. The number of halogens is 1. The second-order valence-electron chi connectivity index (χ2n) is 4.79. The topological polar surface area (TPSA) is 38.5 Å². The minimum Gasteiger partial charge on any atom is -0.398 e. The number of nitrogen functional groups attached to an aromatic ring is 1. The average molecular weight is 285 g/mol. The van der Waals surface area contributed by atoms with Gasteiger partial charge in [-0.15, -0.1) is 0 Å². The van der Waals surface area contributed by atoms with Crippen LogP contribution in [0.2, 0.25) is 5.02 Å². The molecule has 0 heterocycles. The minimum absolute atomic E-state index is 0.575. The van der Waals surface area contributed by atoms with Crippen molar-refractivity contribution in [1.82, 2.24) is 4.90 Å². The third kappa shape index (κ3) is 5.01. The highest BCUT2D eigenvalue weighted by Crippen LogP contribution is 2.21. The van der Waals surface area contributed by atoms with Crippen molar-refractivity contribution in [2.24, 2.45) is 0 Å². The van der Waals surface area contributed by atoms with Crippen LogP contribution in [0, 0.1) is 0 Å². The molecule has 2 N–H and O–H groups in total. The number of nitrogens with two attached hydrogens (primary N) is 1. The van der Waals surface area contributed by atoms with Crippen LogP contribution in [0.1, 0.15) is 32.3 Å². The molecule has 0 atom stereocenters. The fraction of sp³-hybridized carbons (Fsp3) is 0.600. The van der Waals surface area contributed by atoms with E-state index in [1.54, 1.807) is 7.11 Å². The summed E-state index contributed by atoms with van der Waals surface area (Å²) < 4.78 is 5.20. The Morgan fingerprint density at radius 2 is 2.00 bits per heavy atom. The Balaban J connectivity index is 2.77. The van der Waals surface area contributed by atoms with Gasteiger partial charge in [-0.25, -0.2) is 0 Å². The lowest BCUT2D eigenvalue weighted by Gasteiger charge is -2.30. The van der Waals surface area contributed by atoms with Crippen molar-refractivity contribution in [2.45, 2.75) is 39.3 Å². The van der Waals surface area contributed by atoms with Crippen molar-refractivity contribution in [1.29, 1.82) is 0 Å². The number of hydrogen-bond donors (Lipinski definition) is 1. The zero-order chi connectivity index (χ0) is 14.3. The van der Waals surface area contributed by atoms with Crippen molar-refractivity contribution in [2.75, 3.05) is 26.0 Å². The summed E-state index contributed by atoms with van der Waals surface area (Å²) in [7, 11) is 1.74. The van der Waals surface area contributed by atoms with Crippen molar-refractivity contribution in [3.05, 3.63) is 28.8 Å². The summed E-state index contributed by atoms with van der Waals surface area (Å²) in [5.41, 5.74) is 7.58. The van der Waals surface area contributed by atoms with Gasteiger partial charge in [0.2, 0.25) is 0 Å². The van der Waals surface area contributed by atoms with Crippen LogP contribution in [0.3, 0.4) is 0 Å². The van der Waals surface area contributed by atoms with Gasteiger partial charge < -0.3 is 10.5 Å². The molecule has 0 aliphatic rings. The summed E-state index contributed by atoms with van der Waals surface area (Å²) in [6.07, 6.45) is 2.28. The number of hydrogen-bond acceptors (Lipinski definition) is 3. The van der Waals surface area contributed by atoms with Crippen LogP contribution in [-0.4, -0.2) is 31.2 Å². The van der Waals surface area contributed by atoms with Gasteiger partial charge in [0.15, 0.2) is 0 Å². The summed E-state index contributed by atoms with van der Waals surface area (Å²) in [5, 5.41) is 0.633. The molecule has 4 heteroatoms. The van der Waals surface area contributed by atoms with Gasteiger partial charge in [0, 0.05) is 26.2 Å². The van der Waals surface area contributed by atoms with E-state index >= 15 is 0 Å². The molecule has 0 unspecified atom stereocenters. The van der Waals surface area contributed by atoms with Gasteiger partial charge in [-0.1, -0.05) is 31.5 Å². The van der Waals surface area contributed by atoms with E-state index in [0.29, 0.717) is 16.8 Å². The fourth-order valence-electron chi connectivity index (χ4n) is 2.31. The van der Waals surface area contributed by atoms with E-state index in [9.17, 15) is 0 Å². The first-order chi connectivity index (χ1) is 9.12. The smallest absolute Gasteiger partial charge is 0.0638 e. The van der Waals surface area contributed by atoms with Crippen LogP contribution < -0.4 is 5.73 Å². The van der Waals surface area contributed by atoms with Gasteiger partial charge in [-0.05, 0) is 30.5 Å². The predicted molar refractivity (Wildman–Crippen MR) is 82.5 cm³/mol. The zero-order valence-corrected chi connectivity index (χ0v) is 12.9. The lowest BCUT2D eigenvalue weighted by molar-refractivity contribution is 0.110. The van der Waals surface area contributed by atoms with Crippen LogP contribution in [-0.2, 0) is 11.3 Å². The average Bonchev–Trinajstić information content (AvgIpc) is 2.41. The highest BCUT2D eigenvalue weighted by molar-refractivity contribution is 6.33. The van der Waals surface area contributed by atoms with E-state index in [2.05, 4.69) is 18.7 Å². The Labute approximate surface area is 121 Å². The second-order valence-corrected chi connectivity index (χ2v) is 5.20. The number of rotatable bonds is 8. The molecule has 1 aromatic carbocycles. The number of nitrogens with zero attached hydrogens (tertiary/aromatic N) is 1. The predicted octanol–water partition coefficient (Wildman–Crippen LogP) is 3.56. The Kier molecular flexibility index (Phi) is 7.21. The minimum atomic E-state index is 0.575. The first-order valence-electron chi connectivity index (χ1n) is 6.89. The Morgan fingerprint density at radius 1 is 1.32 bits per heavy atom. The quantitative estimate of drug-likeness (QED) is 0.742. The second kappa shape index (κ2) is 8.41. The molecule has 0 fully saturated rings. The van der Waals surface area contributed by atoms with Gasteiger partial charge in [0.1, 0.15) is 0 Å². The van der Waals surface area contributed by atoms with Gasteiger partial charge in [-0.3, -0.25) is 4.90 Å². The molecular formula is C15H25ClN2O.